The molecular formula is C10H15NO5S2. The molecule has 18 heavy (non-hydrogen) atoms. The second-order valence-electron chi connectivity index (χ2n) is 4.24. The quantitative estimate of drug-likeness (QED) is 0.908. The molecule has 0 aromatic carbocycles. The van der Waals surface area contributed by atoms with Gasteiger partial charge in [0.2, 0.25) is 6.29 Å². The number of nitrogens with one attached hydrogen (secondary N) is 1. The molecule has 1 N–H and O–H groups in total. The van der Waals surface area contributed by atoms with Crippen LogP contribution in [-0.2, 0) is 24.0 Å². The first-order valence-electron chi connectivity index (χ1n) is 5.32. The van der Waals surface area contributed by atoms with Crippen molar-refractivity contribution >= 4 is 21.6 Å². The minimum atomic E-state index is -3.83. The van der Waals surface area contributed by atoms with Gasteiger partial charge in [-0.2, -0.15) is 24.5 Å². The fraction of sp³-hybridized carbons (Fsp3) is 0.600. The minimum absolute atomic E-state index is 0.561. The maximum atomic E-state index is 11.4. The molecule has 1 aromatic rings. The van der Waals surface area contributed by atoms with Crippen LogP contribution in [-0.4, -0.2) is 27.5 Å². The van der Waals surface area contributed by atoms with E-state index in [-0.39, 0.29) is 0 Å². The van der Waals surface area contributed by atoms with Gasteiger partial charge in [-0.1, -0.05) is 0 Å². The average molecular weight is 293 g/mol. The molecule has 0 bridgehead atoms. The van der Waals surface area contributed by atoms with Gasteiger partial charge in [0.05, 0.1) is 0 Å². The molecule has 1 fully saturated rings. The van der Waals surface area contributed by atoms with Crippen molar-refractivity contribution in [1.82, 2.24) is 4.72 Å². The van der Waals surface area contributed by atoms with Crippen LogP contribution in [0.3, 0.4) is 0 Å². The van der Waals surface area contributed by atoms with Crippen LogP contribution in [0.4, 0.5) is 0 Å². The fourth-order valence-corrected chi connectivity index (χ4v) is 2.81. The Kier molecular flexibility index (Phi) is 3.77. The molecular weight excluding hydrogens is 278 g/mol. The second-order valence-corrected chi connectivity index (χ2v) is 6.52. The topological polar surface area (TPSA) is 73.9 Å². The highest BCUT2D eigenvalue weighted by Crippen LogP contribution is 2.39. The van der Waals surface area contributed by atoms with Crippen molar-refractivity contribution in [3.63, 3.8) is 0 Å². The predicted octanol–water partition coefficient (Wildman–Crippen LogP) is 1.38. The Bertz CT molecular complexity index is 496. The van der Waals surface area contributed by atoms with Crippen LogP contribution < -0.4 is 4.72 Å². The minimum Gasteiger partial charge on any atom is -0.337 e. The standard InChI is InChI=1S/C10H15NO5S2/c1-10(2)14-8(7-4-5-17-6-7)9(15-10)16-18(12,13)11-3/h4-6,8-9,11H,1-3H3. The molecule has 0 spiro atoms. The molecule has 0 saturated carbocycles. The van der Waals surface area contributed by atoms with Gasteiger partial charge >= 0.3 is 10.3 Å². The summed E-state index contributed by atoms with van der Waals surface area (Å²) in [4.78, 5) is 0. The van der Waals surface area contributed by atoms with Crippen LogP contribution in [0.1, 0.15) is 25.5 Å². The lowest BCUT2D eigenvalue weighted by Crippen LogP contribution is -2.30. The normalized spacial score (nSPS) is 27.5. The molecule has 2 rings (SSSR count). The van der Waals surface area contributed by atoms with E-state index in [4.69, 9.17) is 13.7 Å². The molecule has 2 atom stereocenters. The molecule has 1 aromatic heterocycles. The molecule has 2 heterocycles. The number of thiophene rings is 1. The fourth-order valence-electron chi connectivity index (χ4n) is 1.64. The maximum absolute atomic E-state index is 11.4. The summed E-state index contributed by atoms with van der Waals surface area (Å²) < 4.78 is 41.0. The smallest absolute Gasteiger partial charge is 0.337 e. The van der Waals surface area contributed by atoms with Gasteiger partial charge in [-0.3, -0.25) is 0 Å². The SMILES string of the molecule is CNS(=O)(=O)OC1OC(C)(C)OC1c1ccsc1. The van der Waals surface area contributed by atoms with Crippen LogP contribution in [0.25, 0.3) is 0 Å². The summed E-state index contributed by atoms with van der Waals surface area (Å²) in [6.07, 6.45) is -1.55. The van der Waals surface area contributed by atoms with Gasteiger partial charge in [0, 0.05) is 7.05 Å². The predicted molar refractivity (Wildman–Crippen MR) is 66.2 cm³/mol. The largest absolute Gasteiger partial charge is 0.338 e. The molecule has 2 unspecified atom stereocenters. The molecule has 102 valence electrons. The van der Waals surface area contributed by atoms with E-state index in [1.165, 1.54) is 18.4 Å². The number of ether oxygens (including phenoxy) is 2. The van der Waals surface area contributed by atoms with Crippen LogP contribution in [0.5, 0.6) is 0 Å². The van der Waals surface area contributed by atoms with Gasteiger partial charge in [-0.05, 0) is 36.2 Å². The Morgan fingerprint density at radius 2 is 2.17 bits per heavy atom. The van der Waals surface area contributed by atoms with Crippen LogP contribution in [0.15, 0.2) is 16.8 Å². The van der Waals surface area contributed by atoms with E-state index in [0.717, 1.165) is 5.56 Å². The first-order chi connectivity index (χ1) is 8.33. The summed E-state index contributed by atoms with van der Waals surface area (Å²) in [7, 11) is -2.55. The van der Waals surface area contributed by atoms with Crippen molar-refractivity contribution in [2.45, 2.75) is 32.0 Å². The second kappa shape index (κ2) is 4.87. The van der Waals surface area contributed by atoms with Crippen LogP contribution in [0, 0.1) is 0 Å². The summed E-state index contributed by atoms with van der Waals surface area (Å²) in [5.41, 5.74) is 0.835. The third-order valence-corrected chi connectivity index (χ3v) is 4.05. The molecule has 1 saturated heterocycles. The van der Waals surface area contributed by atoms with E-state index in [1.54, 1.807) is 13.8 Å². The zero-order chi connectivity index (χ0) is 13.4. The number of hydrogen-bond donors (Lipinski definition) is 1. The van der Waals surface area contributed by atoms with E-state index in [2.05, 4.69) is 4.72 Å². The van der Waals surface area contributed by atoms with Crippen LogP contribution >= 0.6 is 11.3 Å². The highest BCUT2D eigenvalue weighted by Gasteiger charge is 2.45. The van der Waals surface area contributed by atoms with Crippen molar-refractivity contribution in [3.05, 3.63) is 22.4 Å². The Morgan fingerprint density at radius 1 is 1.44 bits per heavy atom. The van der Waals surface area contributed by atoms with Crippen molar-refractivity contribution in [3.8, 4) is 0 Å². The molecule has 1 aliphatic heterocycles. The third kappa shape index (κ3) is 3.08. The van der Waals surface area contributed by atoms with E-state index >= 15 is 0 Å². The van der Waals surface area contributed by atoms with E-state index < -0.39 is 28.5 Å². The van der Waals surface area contributed by atoms with E-state index in [9.17, 15) is 8.42 Å². The number of rotatable bonds is 4. The van der Waals surface area contributed by atoms with Gasteiger partial charge in [-0.25, -0.2) is 4.18 Å². The van der Waals surface area contributed by atoms with Gasteiger partial charge in [0.15, 0.2) is 5.79 Å². The highest BCUT2D eigenvalue weighted by molar-refractivity contribution is 7.84. The van der Waals surface area contributed by atoms with Crippen molar-refractivity contribution in [2.24, 2.45) is 0 Å². The maximum Gasteiger partial charge on any atom is 0.338 e. The van der Waals surface area contributed by atoms with Gasteiger partial charge in [-0.15, -0.1) is 0 Å². The van der Waals surface area contributed by atoms with E-state index in [1.807, 2.05) is 16.8 Å². The Balaban J connectivity index is 2.22. The zero-order valence-corrected chi connectivity index (χ0v) is 11.9. The van der Waals surface area contributed by atoms with Gasteiger partial charge < -0.3 is 9.47 Å². The Labute approximate surface area is 110 Å². The molecule has 0 aliphatic carbocycles. The average Bonchev–Trinajstić information content (AvgIpc) is 2.85. The third-order valence-electron chi connectivity index (χ3n) is 2.40. The summed E-state index contributed by atoms with van der Waals surface area (Å²) in [5.74, 6) is -0.888. The van der Waals surface area contributed by atoms with Gasteiger partial charge in [0.1, 0.15) is 6.10 Å². The van der Waals surface area contributed by atoms with Crippen molar-refractivity contribution in [1.29, 1.82) is 0 Å². The molecule has 0 radical (unpaired) electrons. The zero-order valence-electron chi connectivity index (χ0n) is 10.2. The lowest BCUT2D eigenvalue weighted by atomic mass is 10.2. The summed E-state index contributed by atoms with van der Waals surface area (Å²) >= 11 is 1.50. The Morgan fingerprint density at radius 3 is 2.72 bits per heavy atom. The number of hydrogen-bond acceptors (Lipinski definition) is 6. The summed E-state index contributed by atoms with van der Waals surface area (Å²) in [6.45, 7) is 3.42. The summed E-state index contributed by atoms with van der Waals surface area (Å²) in [6, 6.07) is 1.85. The van der Waals surface area contributed by atoms with Crippen LogP contribution in [0.2, 0.25) is 0 Å². The first kappa shape index (κ1) is 13.9. The molecule has 8 heteroatoms. The lowest BCUT2D eigenvalue weighted by molar-refractivity contribution is -0.167. The van der Waals surface area contributed by atoms with Crippen molar-refractivity contribution in [2.75, 3.05) is 7.05 Å². The monoisotopic (exact) mass is 293 g/mol. The molecule has 6 nitrogen and oxygen atoms in total. The van der Waals surface area contributed by atoms with E-state index in [0.29, 0.717) is 0 Å². The highest BCUT2D eigenvalue weighted by atomic mass is 32.2. The summed E-state index contributed by atoms with van der Waals surface area (Å²) in [5, 5.41) is 3.76. The molecule has 1 aliphatic rings. The molecule has 0 amide bonds. The van der Waals surface area contributed by atoms with Crippen molar-refractivity contribution < 1.29 is 22.1 Å². The first-order valence-corrected chi connectivity index (χ1v) is 7.67. The van der Waals surface area contributed by atoms with Gasteiger partial charge in [0.25, 0.3) is 0 Å². The Hall–Kier alpha value is -0.510. The lowest BCUT2D eigenvalue weighted by Gasteiger charge is -2.16.